The van der Waals surface area contributed by atoms with Gasteiger partial charge >= 0.3 is 0 Å². The molecule has 0 aliphatic rings. The van der Waals surface area contributed by atoms with Gasteiger partial charge in [-0.25, -0.2) is 0 Å². The molecule has 0 saturated carbocycles. The summed E-state index contributed by atoms with van der Waals surface area (Å²) in [4.78, 5) is 12.1. The largest absolute Gasteiger partial charge is 0.321 e. The number of carbonyl (C=O) groups excluding carboxylic acids is 1. The van der Waals surface area contributed by atoms with Crippen LogP contribution in [0.15, 0.2) is 30.3 Å². The number of nitrogens with zero attached hydrogens (tertiary/aromatic N) is 2. The van der Waals surface area contributed by atoms with Gasteiger partial charge in [0.2, 0.25) is 0 Å². The molecule has 0 atom stereocenters. The van der Waals surface area contributed by atoms with Gasteiger partial charge in [-0.05, 0) is 51.5 Å². The first-order valence-electron chi connectivity index (χ1n) is 6.41. The average molecular weight is 257 g/mol. The molecule has 0 aliphatic heterocycles. The van der Waals surface area contributed by atoms with Crippen LogP contribution in [0.2, 0.25) is 0 Å². The fraction of sp³-hybridized carbons (Fsp3) is 0.333. The molecular formula is C15H19N3O. The minimum Gasteiger partial charge on any atom is -0.321 e. The van der Waals surface area contributed by atoms with E-state index in [-0.39, 0.29) is 11.9 Å². The van der Waals surface area contributed by atoms with Gasteiger partial charge in [-0.2, -0.15) is 5.10 Å². The Kier molecular flexibility index (Phi) is 3.69. The number of anilines is 1. The van der Waals surface area contributed by atoms with Gasteiger partial charge < -0.3 is 5.32 Å². The smallest absolute Gasteiger partial charge is 0.276 e. The number of hydrogen-bond donors (Lipinski definition) is 1. The maximum Gasteiger partial charge on any atom is 0.276 e. The van der Waals surface area contributed by atoms with E-state index in [0.29, 0.717) is 5.69 Å². The van der Waals surface area contributed by atoms with Crippen molar-refractivity contribution in [2.75, 3.05) is 5.32 Å². The molecule has 4 heteroatoms. The standard InChI is InChI=1S/C15H19N3O/c1-10(2)18-12(4)9-14(17-18)15(19)16-13-7-5-6-11(3)8-13/h5-10H,1-4H3,(H,16,19). The first-order chi connectivity index (χ1) is 8.97. The number of aryl methyl sites for hydroxylation is 2. The van der Waals surface area contributed by atoms with Gasteiger partial charge in [-0.15, -0.1) is 0 Å². The molecule has 100 valence electrons. The summed E-state index contributed by atoms with van der Waals surface area (Å²) in [5.41, 5.74) is 3.35. The molecule has 2 aromatic rings. The van der Waals surface area contributed by atoms with Crippen LogP contribution in [0.4, 0.5) is 5.69 Å². The van der Waals surface area contributed by atoms with Gasteiger partial charge in [0.1, 0.15) is 0 Å². The summed E-state index contributed by atoms with van der Waals surface area (Å²) >= 11 is 0. The van der Waals surface area contributed by atoms with Crippen LogP contribution >= 0.6 is 0 Å². The molecule has 0 spiro atoms. The lowest BCUT2D eigenvalue weighted by Gasteiger charge is -2.07. The Morgan fingerprint density at radius 1 is 1.26 bits per heavy atom. The van der Waals surface area contributed by atoms with Crippen molar-refractivity contribution in [2.24, 2.45) is 0 Å². The summed E-state index contributed by atoms with van der Waals surface area (Å²) < 4.78 is 1.85. The highest BCUT2D eigenvalue weighted by Gasteiger charge is 2.13. The molecule has 0 saturated heterocycles. The lowest BCUT2D eigenvalue weighted by atomic mass is 10.2. The maximum atomic E-state index is 12.1. The summed E-state index contributed by atoms with van der Waals surface area (Å²) in [5.74, 6) is -0.173. The van der Waals surface area contributed by atoms with E-state index >= 15 is 0 Å². The van der Waals surface area contributed by atoms with Gasteiger partial charge in [0, 0.05) is 17.4 Å². The van der Waals surface area contributed by atoms with Gasteiger partial charge in [0.25, 0.3) is 5.91 Å². The molecule has 1 heterocycles. The van der Waals surface area contributed by atoms with Crippen LogP contribution in [-0.4, -0.2) is 15.7 Å². The number of hydrogen-bond acceptors (Lipinski definition) is 2. The molecule has 0 aliphatic carbocycles. The normalized spacial score (nSPS) is 10.8. The van der Waals surface area contributed by atoms with Crippen molar-refractivity contribution < 1.29 is 4.79 Å². The van der Waals surface area contributed by atoms with Gasteiger partial charge in [-0.3, -0.25) is 9.48 Å². The van der Waals surface area contributed by atoms with Crippen LogP contribution in [0, 0.1) is 13.8 Å². The zero-order valence-corrected chi connectivity index (χ0v) is 11.8. The van der Waals surface area contributed by atoms with Crippen molar-refractivity contribution in [3.05, 3.63) is 47.3 Å². The van der Waals surface area contributed by atoms with E-state index in [1.807, 2.05) is 62.7 Å². The average Bonchev–Trinajstić information content (AvgIpc) is 2.71. The van der Waals surface area contributed by atoms with Crippen molar-refractivity contribution in [3.8, 4) is 0 Å². The van der Waals surface area contributed by atoms with E-state index in [9.17, 15) is 4.79 Å². The summed E-state index contributed by atoms with van der Waals surface area (Å²) in [6.45, 7) is 8.04. The van der Waals surface area contributed by atoms with Crippen LogP contribution in [0.3, 0.4) is 0 Å². The first kappa shape index (κ1) is 13.3. The highest BCUT2D eigenvalue weighted by molar-refractivity contribution is 6.02. The second-order valence-electron chi connectivity index (χ2n) is 5.03. The van der Waals surface area contributed by atoms with Crippen LogP contribution in [0.25, 0.3) is 0 Å². The zero-order valence-electron chi connectivity index (χ0n) is 11.8. The van der Waals surface area contributed by atoms with E-state index in [0.717, 1.165) is 16.9 Å². The van der Waals surface area contributed by atoms with Gasteiger partial charge in [-0.1, -0.05) is 12.1 Å². The number of amides is 1. The lowest BCUT2D eigenvalue weighted by Crippen LogP contribution is -2.14. The van der Waals surface area contributed by atoms with E-state index in [1.54, 1.807) is 0 Å². The molecular weight excluding hydrogens is 238 g/mol. The molecule has 0 unspecified atom stereocenters. The third-order valence-corrected chi connectivity index (χ3v) is 2.92. The second-order valence-corrected chi connectivity index (χ2v) is 5.03. The Morgan fingerprint density at radius 3 is 2.58 bits per heavy atom. The fourth-order valence-electron chi connectivity index (χ4n) is 2.04. The van der Waals surface area contributed by atoms with Crippen molar-refractivity contribution in [3.63, 3.8) is 0 Å². The van der Waals surface area contributed by atoms with Gasteiger partial charge in [0.05, 0.1) is 0 Å². The van der Waals surface area contributed by atoms with Gasteiger partial charge in [0.15, 0.2) is 5.69 Å². The summed E-state index contributed by atoms with van der Waals surface area (Å²) in [5, 5.41) is 7.20. The molecule has 2 rings (SSSR count). The minimum atomic E-state index is -0.173. The molecule has 0 bridgehead atoms. The molecule has 1 amide bonds. The lowest BCUT2D eigenvalue weighted by molar-refractivity contribution is 0.102. The highest BCUT2D eigenvalue weighted by atomic mass is 16.1. The van der Waals surface area contributed by atoms with Crippen molar-refractivity contribution in [2.45, 2.75) is 33.7 Å². The van der Waals surface area contributed by atoms with E-state index in [4.69, 9.17) is 0 Å². The predicted molar refractivity (Wildman–Crippen MR) is 76.5 cm³/mol. The Morgan fingerprint density at radius 2 is 2.00 bits per heavy atom. The third kappa shape index (κ3) is 3.02. The molecule has 0 radical (unpaired) electrons. The highest BCUT2D eigenvalue weighted by Crippen LogP contribution is 2.13. The van der Waals surface area contributed by atoms with Crippen molar-refractivity contribution >= 4 is 11.6 Å². The topological polar surface area (TPSA) is 46.9 Å². The number of carbonyl (C=O) groups is 1. The van der Waals surface area contributed by atoms with E-state index < -0.39 is 0 Å². The summed E-state index contributed by atoms with van der Waals surface area (Å²) in [7, 11) is 0. The summed E-state index contributed by atoms with van der Waals surface area (Å²) in [6.07, 6.45) is 0. The molecule has 19 heavy (non-hydrogen) atoms. The first-order valence-corrected chi connectivity index (χ1v) is 6.41. The number of aromatic nitrogens is 2. The van der Waals surface area contributed by atoms with Crippen LogP contribution < -0.4 is 5.32 Å². The minimum absolute atomic E-state index is 0.173. The maximum absolute atomic E-state index is 12.1. The predicted octanol–water partition coefficient (Wildman–Crippen LogP) is 3.33. The third-order valence-electron chi connectivity index (χ3n) is 2.92. The number of benzene rings is 1. The Balaban J connectivity index is 2.18. The summed E-state index contributed by atoms with van der Waals surface area (Å²) in [6, 6.07) is 9.78. The van der Waals surface area contributed by atoms with Crippen molar-refractivity contribution in [1.82, 2.24) is 9.78 Å². The van der Waals surface area contributed by atoms with Crippen LogP contribution in [0.5, 0.6) is 0 Å². The number of rotatable bonds is 3. The quantitative estimate of drug-likeness (QED) is 0.916. The monoisotopic (exact) mass is 257 g/mol. The molecule has 0 fully saturated rings. The Bertz CT molecular complexity index is 599. The second kappa shape index (κ2) is 5.26. The van der Waals surface area contributed by atoms with Crippen molar-refractivity contribution in [1.29, 1.82) is 0 Å². The SMILES string of the molecule is Cc1cccc(NC(=O)c2cc(C)n(C(C)C)n2)c1. The van der Waals surface area contributed by atoms with Crippen LogP contribution in [-0.2, 0) is 0 Å². The Labute approximate surface area is 113 Å². The molecule has 1 aromatic heterocycles. The zero-order chi connectivity index (χ0) is 14.0. The Hall–Kier alpha value is -2.10. The number of nitrogens with one attached hydrogen (secondary N) is 1. The molecule has 4 nitrogen and oxygen atoms in total. The van der Waals surface area contributed by atoms with E-state index in [1.165, 1.54) is 0 Å². The molecule has 1 aromatic carbocycles. The van der Waals surface area contributed by atoms with E-state index in [2.05, 4.69) is 10.4 Å². The van der Waals surface area contributed by atoms with Crippen LogP contribution in [0.1, 0.15) is 41.6 Å². The molecule has 1 N–H and O–H groups in total. The fourth-order valence-corrected chi connectivity index (χ4v) is 2.04.